The summed E-state index contributed by atoms with van der Waals surface area (Å²) in [5, 5.41) is 10.8. The summed E-state index contributed by atoms with van der Waals surface area (Å²) in [6, 6.07) is 13.6. The zero-order valence-corrected chi connectivity index (χ0v) is 19.7. The van der Waals surface area contributed by atoms with Gasteiger partial charge in [-0.15, -0.1) is 0 Å². The normalized spacial score (nSPS) is 16.9. The summed E-state index contributed by atoms with van der Waals surface area (Å²) in [7, 11) is 0. The molecule has 2 aliphatic heterocycles. The van der Waals surface area contributed by atoms with Crippen molar-refractivity contribution in [1.82, 2.24) is 9.47 Å². The third-order valence-electron chi connectivity index (χ3n) is 5.54. The van der Waals surface area contributed by atoms with E-state index in [9.17, 15) is 4.79 Å². The lowest BCUT2D eigenvalue weighted by Crippen LogP contribution is -2.35. The molecule has 0 radical (unpaired) electrons. The van der Waals surface area contributed by atoms with E-state index in [1.54, 1.807) is 11.0 Å². The smallest absolute Gasteiger partial charge is 0.283 e. The van der Waals surface area contributed by atoms with Crippen molar-refractivity contribution >= 4 is 57.3 Å². The summed E-state index contributed by atoms with van der Waals surface area (Å²) >= 11 is 7.44. The second-order valence-electron chi connectivity index (χ2n) is 7.87. The van der Waals surface area contributed by atoms with Crippen molar-refractivity contribution in [2.45, 2.75) is 20.4 Å². The molecule has 0 atom stereocenters. The van der Waals surface area contributed by atoms with Crippen LogP contribution in [0.2, 0.25) is 5.02 Å². The molecule has 1 aromatic heterocycles. The van der Waals surface area contributed by atoms with Gasteiger partial charge in [-0.05, 0) is 49.8 Å². The first kappa shape index (κ1) is 21.6. The Morgan fingerprint density at radius 3 is 2.85 bits per heavy atom. The van der Waals surface area contributed by atoms with E-state index >= 15 is 0 Å². The Balaban J connectivity index is 1.43. The monoisotopic (exact) mass is 476 g/mol. The van der Waals surface area contributed by atoms with Crippen molar-refractivity contribution in [3.63, 3.8) is 0 Å². The molecule has 33 heavy (non-hydrogen) atoms. The summed E-state index contributed by atoms with van der Waals surface area (Å²) in [4.78, 5) is 19.5. The minimum Gasteiger partial charge on any atom is -0.491 e. The Hall–Kier alpha value is -3.29. The number of halogens is 1. The molecule has 8 heteroatoms. The fourth-order valence-corrected chi connectivity index (χ4v) is 5.00. The average Bonchev–Trinajstić information content (AvgIpc) is 3.33. The summed E-state index contributed by atoms with van der Waals surface area (Å²) in [6.45, 7) is 5.02. The van der Waals surface area contributed by atoms with Crippen molar-refractivity contribution in [1.29, 1.82) is 5.41 Å². The van der Waals surface area contributed by atoms with E-state index in [4.69, 9.17) is 21.7 Å². The van der Waals surface area contributed by atoms with Crippen molar-refractivity contribution in [2.24, 2.45) is 4.99 Å². The Morgan fingerprint density at radius 2 is 2.03 bits per heavy atom. The number of allylic oxidation sites excluding steroid dienone is 1. The zero-order chi connectivity index (χ0) is 23.1. The van der Waals surface area contributed by atoms with E-state index in [-0.39, 0.29) is 17.3 Å². The number of benzene rings is 2. The maximum absolute atomic E-state index is 12.7. The summed E-state index contributed by atoms with van der Waals surface area (Å²) in [5.74, 6) is 0.563. The number of para-hydroxylation sites is 1. The van der Waals surface area contributed by atoms with Gasteiger partial charge in [-0.2, -0.15) is 4.99 Å². The Labute approximate surface area is 200 Å². The Kier molecular flexibility index (Phi) is 5.60. The van der Waals surface area contributed by atoms with Crippen LogP contribution in [0.1, 0.15) is 18.1 Å². The van der Waals surface area contributed by atoms with Gasteiger partial charge in [0.15, 0.2) is 5.17 Å². The molecule has 6 nitrogen and oxygen atoms in total. The number of hydrogen-bond donors (Lipinski definition) is 1. The van der Waals surface area contributed by atoms with Crippen molar-refractivity contribution in [3.05, 3.63) is 81.5 Å². The second kappa shape index (κ2) is 8.57. The molecule has 1 N–H and O–H groups in total. The molecule has 0 saturated heterocycles. The number of nitrogens with one attached hydrogen (secondary N) is 1. The molecule has 2 aliphatic rings. The maximum Gasteiger partial charge on any atom is 0.283 e. The van der Waals surface area contributed by atoms with Crippen LogP contribution >= 0.6 is 23.4 Å². The van der Waals surface area contributed by atoms with Crippen LogP contribution in [0.4, 0.5) is 0 Å². The van der Waals surface area contributed by atoms with Gasteiger partial charge in [-0.3, -0.25) is 15.1 Å². The number of aromatic nitrogens is 1. The van der Waals surface area contributed by atoms with E-state index in [0.29, 0.717) is 23.3 Å². The summed E-state index contributed by atoms with van der Waals surface area (Å²) < 4.78 is 8.08. The standard InChI is InChI=1S/C25H21ClN4O2S/c1-15-11-18(26)7-8-22(15)32-10-9-29-14-17(19-5-3-4-6-21(19)29)12-20-23(27)30-13-16(2)33-25(30)28-24(20)31/h3-8,11-14,27H,9-10H2,1-2H3/b20-12-,27-23?. The number of hydrogen-bond acceptors (Lipinski definition) is 4. The van der Waals surface area contributed by atoms with Gasteiger partial charge in [-0.1, -0.05) is 41.6 Å². The molecule has 0 spiro atoms. The fraction of sp³-hybridized carbons (Fsp3) is 0.160. The number of rotatable bonds is 5. The maximum atomic E-state index is 12.7. The van der Waals surface area contributed by atoms with Gasteiger partial charge in [0.1, 0.15) is 18.2 Å². The van der Waals surface area contributed by atoms with Crippen LogP contribution in [0.25, 0.3) is 17.0 Å². The minimum absolute atomic E-state index is 0.146. The first-order valence-electron chi connectivity index (χ1n) is 10.5. The van der Waals surface area contributed by atoms with Crippen LogP contribution in [0.3, 0.4) is 0 Å². The zero-order valence-electron chi connectivity index (χ0n) is 18.1. The molecule has 0 aliphatic carbocycles. The number of carbonyl (C=O) groups is 1. The van der Waals surface area contributed by atoms with Gasteiger partial charge in [0, 0.05) is 38.8 Å². The van der Waals surface area contributed by atoms with Crippen LogP contribution in [0.5, 0.6) is 5.75 Å². The highest BCUT2D eigenvalue weighted by molar-refractivity contribution is 8.17. The molecule has 0 fully saturated rings. The predicted molar refractivity (Wildman–Crippen MR) is 135 cm³/mol. The van der Waals surface area contributed by atoms with Crippen LogP contribution in [0.15, 0.2) is 70.3 Å². The van der Waals surface area contributed by atoms with Crippen molar-refractivity contribution < 1.29 is 9.53 Å². The lowest BCUT2D eigenvalue weighted by molar-refractivity contribution is -0.114. The van der Waals surface area contributed by atoms with Gasteiger partial charge in [0.25, 0.3) is 5.91 Å². The fourth-order valence-electron chi connectivity index (χ4n) is 3.96. The van der Waals surface area contributed by atoms with Gasteiger partial charge >= 0.3 is 0 Å². The molecule has 0 bridgehead atoms. The van der Waals surface area contributed by atoms with Crippen molar-refractivity contribution in [3.8, 4) is 5.75 Å². The molecule has 5 rings (SSSR count). The van der Waals surface area contributed by atoms with Gasteiger partial charge < -0.3 is 9.30 Å². The molecular weight excluding hydrogens is 456 g/mol. The molecule has 1 amide bonds. The number of aryl methyl sites for hydroxylation is 1. The number of fused-ring (bicyclic) bond motifs is 2. The largest absolute Gasteiger partial charge is 0.491 e. The minimum atomic E-state index is -0.389. The Morgan fingerprint density at radius 1 is 1.21 bits per heavy atom. The van der Waals surface area contributed by atoms with Crippen LogP contribution in [0, 0.1) is 12.3 Å². The van der Waals surface area contributed by atoms with Crippen LogP contribution < -0.4 is 4.74 Å². The number of aliphatic imine (C=N–C) groups is 1. The van der Waals surface area contributed by atoms with Crippen molar-refractivity contribution in [2.75, 3.05) is 6.61 Å². The third-order valence-corrected chi connectivity index (χ3v) is 6.67. The van der Waals surface area contributed by atoms with Crippen LogP contribution in [-0.2, 0) is 11.3 Å². The van der Waals surface area contributed by atoms with E-state index in [1.807, 2.05) is 68.7 Å². The summed E-state index contributed by atoms with van der Waals surface area (Å²) in [5.41, 5.74) is 3.17. The number of amidine groups is 2. The predicted octanol–water partition coefficient (Wildman–Crippen LogP) is 5.85. The highest BCUT2D eigenvalue weighted by Crippen LogP contribution is 2.33. The molecule has 0 saturated carbocycles. The topological polar surface area (TPSA) is 70.7 Å². The highest BCUT2D eigenvalue weighted by Gasteiger charge is 2.33. The number of thioether (sulfide) groups is 1. The molecule has 3 aromatic rings. The molecular formula is C25H21ClN4O2S. The first-order chi connectivity index (χ1) is 15.9. The third kappa shape index (κ3) is 4.10. The number of nitrogens with zero attached hydrogens (tertiary/aromatic N) is 3. The molecule has 2 aromatic carbocycles. The average molecular weight is 477 g/mol. The lowest BCUT2D eigenvalue weighted by atomic mass is 10.1. The van der Waals surface area contributed by atoms with Crippen LogP contribution in [-0.4, -0.2) is 33.0 Å². The number of ether oxygens (including phenoxy) is 1. The van der Waals surface area contributed by atoms with E-state index in [0.717, 1.165) is 32.7 Å². The van der Waals surface area contributed by atoms with E-state index in [2.05, 4.69) is 9.56 Å². The van der Waals surface area contributed by atoms with Gasteiger partial charge in [0.05, 0.1) is 12.1 Å². The molecule has 3 heterocycles. The first-order valence-corrected chi connectivity index (χ1v) is 11.7. The summed E-state index contributed by atoms with van der Waals surface area (Å²) in [6.07, 6.45) is 5.60. The quantitative estimate of drug-likeness (QED) is 0.469. The Bertz CT molecular complexity index is 1400. The number of amides is 1. The molecule has 0 unspecified atom stereocenters. The van der Waals surface area contributed by atoms with Gasteiger partial charge in [0.2, 0.25) is 0 Å². The highest BCUT2D eigenvalue weighted by atomic mass is 35.5. The number of carbonyl (C=O) groups excluding carboxylic acids is 1. The lowest BCUT2D eigenvalue weighted by Gasteiger charge is -2.22. The van der Waals surface area contributed by atoms with E-state index in [1.165, 1.54) is 11.8 Å². The van der Waals surface area contributed by atoms with E-state index < -0.39 is 0 Å². The second-order valence-corrected chi connectivity index (χ2v) is 9.52. The molecule has 166 valence electrons. The SMILES string of the molecule is CC1=CN2C(=N)/C(=C/c3cn(CCOc4ccc(Cl)cc4C)c4ccccc34)C(=O)N=C2S1. The van der Waals surface area contributed by atoms with Gasteiger partial charge in [-0.25, -0.2) is 0 Å².